The van der Waals surface area contributed by atoms with Gasteiger partial charge in [0.25, 0.3) is 0 Å². The van der Waals surface area contributed by atoms with E-state index in [0.717, 1.165) is 12.8 Å². The maximum Gasteiger partial charge on any atom is 0.133 e. The highest BCUT2D eigenvalue weighted by atomic mass is 16.1. The van der Waals surface area contributed by atoms with Crippen LogP contribution in [0.5, 0.6) is 0 Å². The van der Waals surface area contributed by atoms with Crippen LogP contribution >= 0.6 is 0 Å². The molecule has 15 heavy (non-hydrogen) atoms. The van der Waals surface area contributed by atoms with Crippen molar-refractivity contribution in [3.63, 3.8) is 0 Å². The van der Waals surface area contributed by atoms with Crippen molar-refractivity contribution in [2.45, 2.75) is 40.5 Å². The standard InChI is InChI=1S/C14H24O/c1-6-8-9-10-11(3)12(4)14(7-2)13(5)15/h6,8-9,11-12,14H,1,7,10H2,2-5H3/t11-,12?,14+/m1/s1/i1D2. The first-order valence-corrected chi connectivity index (χ1v) is 5.70. The summed E-state index contributed by atoms with van der Waals surface area (Å²) in [7, 11) is 0. The molecule has 0 saturated heterocycles. The highest BCUT2D eigenvalue weighted by Crippen LogP contribution is 2.26. The van der Waals surface area contributed by atoms with Crippen molar-refractivity contribution in [3.8, 4) is 0 Å². The highest BCUT2D eigenvalue weighted by Gasteiger charge is 2.23. The summed E-state index contributed by atoms with van der Waals surface area (Å²) in [5.74, 6) is 1.23. The lowest BCUT2D eigenvalue weighted by molar-refractivity contribution is -0.122. The van der Waals surface area contributed by atoms with Crippen LogP contribution in [-0.2, 0) is 4.79 Å². The maximum atomic E-state index is 11.5. The molecule has 0 aromatic rings. The van der Waals surface area contributed by atoms with E-state index in [-0.39, 0.29) is 18.2 Å². The summed E-state index contributed by atoms with van der Waals surface area (Å²) >= 11 is 0. The Kier molecular flexibility index (Phi) is 5.29. The van der Waals surface area contributed by atoms with Crippen LogP contribution in [0.15, 0.2) is 24.8 Å². The number of hydrogen-bond acceptors (Lipinski definition) is 1. The van der Waals surface area contributed by atoms with Gasteiger partial charge in [0.15, 0.2) is 0 Å². The predicted octanol–water partition coefficient (Wildman–Crippen LogP) is 4.01. The number of allylic oxidation sites excluding steroid dienone is 3. The van der Waals surface area contributed by atoms with Crippen LogP contribution < -0.4 is 0 Å². The van der Waals surface area contributed by atoms with Crippen molar-refractivity contribution < 1.29 is 7.54 Å². The van der Waals surface area contributed by atoms with Gasteiger partial charge in [0, 0.05) is 5.92 Å². The number of hydrogen-bond donors (Lipinski definition) is 0. The van der Waals surface area contributed by atoms with Crippen LogP contribution in [0.2, 0.25) is 0 Å². The summed E-state index contributed by atoms with van der Waals surface area (Å²) in [6.45, 7) is 7.82. The van der Waals surface area contributed by atoms with Gasteiger partial charge in [0.1, 0.15) is 5.78 Å². The average molecular weight is 210 g/mol. The SMILES string of the molecule is [2H]C([2H])=CC=CC[C@@H](C)C(C)[C@H](CC)C(C)=O. The Hall–Kier alpha value is -0.850. The number of ketones is 1. The summed E-state index contributed by atoms with van der Waals surface area (Å²) in [5, 5.41) is 0. The number of carbonyl (C=O) groups is 1. The van der Waals surface area contributed by atoms with Gasteiger partial charge in [-0.15, -0.1) is 0 Å². The average Bonchev–Trinajstić information content (AvgIpc) is 2.24. The van der Waals surface area contributed by atoms with Gasteiger partial charge >= 0.3 is 0 Å². The quantitative estimate of drug-likeness (QED) is 0.580. The number of Topliss-reactive ketones (excluding diaryl/α,β-unsaturated/α-hetero) is 1. The Balaban J connectivity index is 4.30. The molecule has 0 aromatic carbocycles. The Labute approximate surface area is 97.1 Å². The van der Waals surface area contributed by atoms with Gasteiger partial charge in [-0.2, -0.15) is 0 Å². The lowest BCUT2D eigenvalue weighted by atomic mass is 9.79. The van der Waals surface area contributed by atoms with E-state index in [1.807, 2.05) is 6.08 Å². The molecule has 0 fully saturated rings. The minimum absolute atomic E-state index is 0.150. The molecule has 0 aromatic heterocycles. The zero-order chi connectivity index (χ0) is 13.4. The molecule has 0 saturated carbocycles. The third-order valence-electron chi connectivity index (χ3n) is 3.23. The molecule has 0 rings (SSSR count). The van der Waals surface area contributed by atoms with E-state index in [4.69, 9.17) is 2.74 Å². The van der Waals surface area contributed by atoms with E-state index in [1.165, 1.54) is 6.08 Å². The minimum Gasteiger partial charge on any atom is -0.300 e. The van der Waals surface area contributed by atoms with Gasteiger partial charge in [-0.3, -0.25) is 4.79 Å². The monoisotopic (exact) mass is 210 g/mol. The first kappa shape index (κ1) is 10.7. The molecule has 0 N–H and O–H groups in total. The summed E-state index contributed by atoms with van der Waals surface area (Å²) < 4.78 is 13.9. The third-order valence-corrected chi connectivity index (χ3v) is 3.23. The molecule has 0 spiro atoms. The molecule has 1 heteroatoms. The smallest absolute Gasteiger partial charge is 0.133 e. The Bertz CT molecular complexity index is 291. The van der Waals surface area contributed by atoms with E-state index in [0.29, 0.717) is 11.8 Å². The second-order valence-electron chi connectivity index (χ2n) is 4.29. The zero-order valence-electron chi connectivity index (χ0n) is 12.3. The van der Waals surface area contributed by atoms with Crippen LogP contribution in [0.25, 0.3) is 0 Å². The normalized spacial score (nSPS) is 18.9. The molecule has 3 atom stereocenters. The van der Waals surface area contributed by atoms with Crippen molar-refractivity contribution >= 4 is 5.78 Å². The van der Waals surface area contributed by atoms with Crippen molar-refractivity contribution in [1.82, 2.24) is 0 Å². The van der Waals surface area contributed by atoms with E-state index in [2.05, 4.69) is 20.8 Å². The summed E-state index contributed by atoms with van der Waals surface area (Å²) in [5.41, 5.74) is 0. The second kappa shape index (κ2) is 7.44. The van der Waals surface area contributed by atoms with Crippen molar-refractivity contribution in [2.75, 3.05) is 0 Å². The fraction of sp³-hybridized carbons (Fsp3) is 0.643. The summed E-state index contributed by atoms with van der Waals surface area (Å²) in [6, 6.07) is 0. The predicted molar refractivity (Wildman–Crippen MR) is 66.7 cm³/mol. The van der Waals surface area contributed by atoms with E-state index in [1.54, 1.807) is 13.0 Å². The van der Waals surface area contributed by atoms with Crippen LogP contribution in [0, 0.1) is 17.8 Å². The minimum atomic E-state index is -0.183. The molecule has 0 aliphatic carbocycles. The first-order chi connectivity index (χ1) is 7.90. The summed E-state index contributed by atoms with van der Waals surface area (Å²) in [4.78, 5) is 11.5. The Morgan fingerprint density at radius 2 is 2.20 bits per heavy atom. The van der Waals surface area contributed by atoms with Crippen molar-refractivity contribution in [2.24, 2.45) is 17.8 Å². The van der Waals surface area contributed by atoms with Gasteiger partial charge in [0.2, 0.25) is 0 Å². The van der Waals surface area contributed by atoms with Gasteiger partial charge in [0.05, 0.1) is 2.74 Å². The molecule has 0 radical (unpaired) electrons. The molecule has 0 aliphatic heterocycles. The van der Waals surface area contributed by atoms with E-state index in [9.17, 15) is 4.79 Å². The van der Waals surface area contributed by atoms with Crippen LogP contribution in [0.3, 0.4) is 0 Å². The van der Waals surface area contributed by atoms with Crippen molar-refractivity contribution in [3.05, 3.63) is 24.8 Å². The molecular weight excluding hydrogens is 184 g/mol. The molecule has 86 valence electrons. The van der Waals surface area contributed by atoms with E-state index >= 15 is 0 Å². The molecule has 0 bridgehead atoms. The fourth-order valence-corrected chi connectivity index (χ4v) is 2.00. The van der Waals surface area contributed by atoms with Gasteiger partial charge in [-0.05, 0) is 31.6 Å². The molecule has 0 heterocycles. The fourth-order valence-electron chi connectivity index (χ4n) is 2.00. The lowest BCUT2D eigenvalue weighted by Crippen LogP contribution is -2.24. The lowest BCUT2D eigenvalue weighted by Gasteiger charge is -2.25. The largest absolute Gasteiger partial charge is 0.300 e. The Morgan fingerprint density at radius 1 is 1.53 bits per heavy atom. The number of carbonyl (C=O) groups excluding carboxylic acids is 1. The molecule has 1 nitrogen and oxygen atoms in total. The highest BCUT2D eigenvalue weighted by molar-refractivity contribution is 5.78. The Morgan fingerprint density at radius 3 is 2.67 bits per heavy atom. The van der Waals surface area contributed by atoms with Gasteiger partial charge in [-0.1, -0.05) is 45.5 Å². The molecule has 0 amide bonds. The third kappa shape index (κ3) is 4.96. The summed E-state index contributed by atoms with van der Waals surface area (Å²) in [6.07, 6.45) is 6.95. The van der Waals surface area contributed by atoms with Gasteiger partial charge in [-0.25, -0.2) is 0 Å². The van der Waals surface area contributed by atoms with Crippen LogP contribution in [0.1, 0.15) is 43.3 Å². The second-order valence-corrected chi connectivity index (χ2v) is 4.29. The molecule has 0 aliphatic rings. The maximum absolute atomic E-state index is 11.5. The molecular formula is C14H24O. The number of rotatable bonds is 7. The van der Waals surface area contributed by atoms with Crippen LogP contribution in [0.4, 0.5) is 0 Å². The van der Waals surface area contributed by atoms with E-state index < -0.39 is 0 Å². The van der Waals surface area contributed by atoms with Crippen LogP contribution in [-0.4, -0.2) is 5.78 Å². The molecule has 1 unspecified atom stereocenters. The first-order valence-electron chi connectivity index (χ1n) is 6.70. The van der Waals surface area contributed by atoms with Crippen molar-refractivity contribution in [1.29, 1.82) is 0 Å². The topological polar surface area (TPSA) is 17.1 Å². The van der Waals surface area contributed by atoms with Gasteiger partial charge < -0.3 is 0 Å². The zero-order valence-corrected chi connectivity index (χ0v) is 10.3.